The van der Waals surface area contributed by atoms with Gasteiger partial charge in [-0.25, -0.2) is 0 Å². The van der Waals surface area contributed by atoms with Crippen molar-refractivity contribution in [2.75, 3.05) is 13.2 Å². The van der Waals surface area contributed by atoms with Gasteiger partial charge in [-0.3, -0.25) is 14.4 Å². The van der Waals surface area contributed by atoms with E-state index >= 15 is 0 Å². The molecule has 0 aromatic rings. The molecule has 0 spiro atoms. The standard InChI is InChI=1S/C54H102O6/c1-4-7-10-13-16-19-22-25-27-29-32-35-38-41-44-47-53(56)59-50-51(49-58-52(55)46-43-40-37-34-31-24-21-18-15-12-9-6-3)60-54(57)48-45-42-39-36-33-30-28-26-23-20-17-14-11-8-5-2/h20,23,51H,4-19,21-22,24-50H2,1-3H3/b23-20-/t51-/m0/s1. The van der Waals surface area contributed by atoms with Gasteiger partial charge in [0.25, 0.3) is 0 Å². The fraction of sp³-hybridized carbons (Fsp3) is 0.907. The quantitative estimate of drug-likeness (QED) is 0.0263. The lowest BCUT2D eigenvalue weighted by atomic mass is 10.0. The highest BCUT2D eigenvalue weighted by molar-refractivity contribution is 5.71. The summed E-state index contributed by atoms with van der Waals surface area (Å²) in [6.07, 6.45) is 54.7. The number of ether oxygens (including phenoxy) is 3. The average Bonchev–Trinajstić information content (AvgIpc) is 3.24. The van der Waals surface area contributed by atoms with Gasteiger partial charge in [-0.05, 0) is 44.9 Å². The summed E-state index contributed by atoms with van der Waals surface area (Å²) in [7, 11) is 0. The number of hydrogen-bond donors (Lipinski definition) is 0. The van der Waals surface area contributed by atoms with Crippen LogP contribution < -0.4 is 0 Å². The van der Waals surface area contributed by atoms with Crippen LogP contribution in [0.1, 0.15) is 297 Å². The molecule has 0 heterocycles. The maximum absolute atomic E-state index is 12.8. The minimum Gasteiger partial charge on any atom is -0.462 e. The number of carbonyl (C=O) groups excluding carboxylic acids is 3. The Hall–Kier alpha value is -1.85. The summed E-state index contributed by atoms with van der Waals surface area (Å²) in [5, 5.41) is 0. The van der Waals surface area contributed by atoms with Gasteiger partial charge in [-0.1, -0.05) is 245 Å². The first kappa shape index (κ1) is 58.1. The van der Waals surface area contributed by atoms with E-state index in [0.717, 1.165) is 57.8 Å². The minimum absolute atomic E-state index is 0.0662. The monoisotopic (exact) mass is 847 g/mol. The molecule has 0 fully saturated rings. The van der Waals surface area contributed by atoms with Gasteiger partial charge in [0.05, 0.1) is 0 Å². The van der Waals surface area contributed by atoms with Gasteiger partial charge in [0.1, 0.15) is 13.2 Å². The predicted molar refractivity (Wildman–Crippen MR) is 256 cm³/mol. The Morgan fingerprint density at radius 2 is 0.550 bits per heavy atom. The van der Waals surface area contributed by atoms with Crippen molar-refractivity contribution in [1.29, 1.82) is 0 Å². The highest BCUT2D eigenvalue weighted by Crippen LogP contribution is 2.16. The topological polar surface area (TPSA) is 78.9 Å². The Labute approximate surface area is 373 Å². The molecule has 0 aliphatic heterocycles. The second-order valence-electron chi connectivity index (χ2n) is 18.2. The summed E-state index contributed by atoms with van der Waals surface area (Å²) in [6, 6.07) is 0. The highest BCUT2D eigenvalue weighted by atomic mass is 16.6. The Balaban J connectivity index is 4.32. The lowest BCUT2D eigenvalue weighted by Gasteiger charge is -2.18. The van der Waals surface area contributed by atoms with Gasteiger partial charge in [0, 0.05) is 19.3 Å². The van der Waals surface area contributed by atoms with Gasteiger partial charge in [-0.2, -0.15) is 0 Å². The summed E-state index contributed by atoms with van der Waals surface area (Å²) in [6.45, 7) is 6.66. The number of hydrogen-bond acceptors (Lipinski definition) is 6. The third-order valence-electron chi connectivity index (χ3n) is 12.0. The normalized spacial score (nSPS) is 12.0. The molecule has 0 aliphatic carbocycles. The highest BCUT2D eigenvalue weighted by Gasteiger charge is 2.19. The smallest absolute Gasteiger partial charge is 0.306 e. The molecule has 0 amide bonds. The second-order valence-corrected chi connectivity index (χ2v) is 18.2. The van der Waals surface area contributed by atoms with E-state index in [0.29, 0.717) is 19.3 Å². The zero-order chi connectivity index (χ0) is 43.7. The number of rotatable bonds is 49. The molecule has 0 rings (SSSR count). The number of carbonyl (C=O) groups is 3. The lowest BCUT2D eigenvalue weighted by molar-refractivity contribution is -0.167. The van der Waals surface area contributed by atoms with Gasteiger partial charge in [-0.15, -0.1) is 0 Å². The number of allylic oxidation sites excluding steroid dienone is 2. The van der Waals surface area contributed by atoms with Gasteiger partial charge >= 0.3 is 17.9 Å². The van der Waals surface area contributed by atoms with Crippen molar-refractivity contribution in [2.24, 2.45) is 0 Å². The molecule has 0 aromatic carbocycles. The molecule has 6 nitrogen and oxygen atoms in total. The first-order valence-corrected chi connectivity index (χ1v) is 26.7. The lowest BCUT2D eigenvalue weighted by Crippen LogP contribution is -2.30. The maximum Gasteiger partial charge on any atom is 0.306 e. The van der Waals surface area contributed by atoms with Crippen molar-refractivity contribution in [1.82, 2.24) is 0 Å². The van der Waals surface area contributed by atoms with Crippen LogP contribution in [0.3, 0.4) is 0 Å². The van der Waals surface area contributed by atoms with E-state index in [9.17, 15) is 14.4 Å². The van der Waals surface area contributed by atoms with Gasteiger partial charge < -0.3 is 14.2 Å². The summed E-state index contributed by atoms with van der Waals surface area (Å²) >= 11 is 0. The van der Waals surface area contributed by atoms with Crippen LogP contribution in [0.4, 0.5) is 0 Å². The Morgan fingerprint density at radius 3 is 0.850 bits per heavy atom. The molecule has 6 heteroatoms. The molecule has 1 atom stereocenters. The first-order chi connectivity index (χ1) is 29.5. The van der Waals surface area contributed by atoms with Crippen LogP contribution in [-0.4, -0.2) is 37.2 Å². The number of esters is 3. The van der Waals surface area contributed by atoms with Crippen molar-refractivity contribution >= 4 is 17.9 Å². The Kier molecular flexibility index (Phi) is 48.3. The van der Waals surface area contributed by atoms with E-state index in [2.05, 4.69) is 32.9 Å². The summed E-state index contributed by atoms with van der Waals surface area (Å²) in [5.41, 5.74) is 0. The molecule has 0 unspecified atom stereocenters. The minimum atomic E-state index is -0.765. The molecule has 0 aliphatic rings. The maximum atomic E-state index is 12.8. The van der Waals surface area contributed by atoms with Crippen LogP contribution in [0.15, 0.2) is 12.2 Å². The second kappa shape index (κ2) is 49.8. The predicted octanol–water partition coefficient (Wildman–Crippen LogP) is 17.4. The van der Waals surface area contributed by atoms with E-state index in [1.807, 2.05) is 0 Å². The van der Waals surface area contributed by atoms with E-state index in [1.54, 1.807) is 0 Å². The molecule has 0 radical (unpaired) electrons. The van der Waals surface area contributed by atoms with Crippen molar-refractivity contribution < 1.29 is 28.6 Å². The molecule has 0 bridgehead atoms. The van der Waals surface area contributed by atoms with Crippen LogP contribution in [-0.2, 0) is 28.6 Å². The van der Waals surface area contributed by atoms with Crippen LogP contribution in [0.5, 0.6) is 0 Å². The first-order valence-electron chi connectivity index (χ1n) is 26.7. The van der Waals surface area contributed by atoms with Crippen LogP contribution in [0.25, 0.3) is 0 Å². The molecule has 0 saturated carbocycles. The van der Waals surface area contributed by atoms with Crippen molar-refractivity contribution in [2.45, 2.75) is 303 Å². The van der Waals surface area contributed by atoms with Crippen molar-refractivity contribution in [3.63, 3.8) is 0 Å². The molecule has 354 valence electrons. The van der Waals surface area contributed by atoms with Crippen LogP contribution in [0.2, 0.25) is 0 Å². The third kappa shape index (κ3) is 47.2. The molecule has 60 heavy (non-hydrogen) atoms. The summed E-state index contributed by atoms with van der Waals surface area (Å²) < 4.78 is 16.8. The molecule has 0 saturated heterocycles. The average molecular weight is 847 g/mol. The molecular formula is C54H102O6. The Bertz CT molecular complexity index is 931. The zero-order valence-electron chi connectivity index (χ0n) is 40.5. The fourth-order valence-electron chi connectivity index (χ4n) is 7.97. The number of unbranched alkanes of at least 4 members (excludes halogenated alkanes) is 36. The van der Waals surface area contributed by atoms with Crippen LogP contribution in [0, 0.1) is 0 Å². The van der Waals surface area contributed by atoms with E-state index in [1.165, 1.54) is 199 Å². The molecular weight excluding hydrogens is 745 g/mol. The third-order valence-corrected chi connectivity index (χ3v) is 12.0. The summed E-state index contributed by atoms with van der Waals surface area (Å²) in [4.78, 5) is 38.0. The van der Waals surface area contributed by atoms with Crippen molar-refractivity contribution in [3.8, 4) is 0 Å². The molecule has 0 N–H and O–H groups in total. The largest absolute Gasteiger partial charge is 0.462 e. The van der Waals surface area contributed by atoms with E-state index in [4.69, 9.17) is 14.2 Å². The SMILES string of the molecule is CCCCCC/C=C\CCCCCCCCCC(=O)O[C@@H](COC(=O)CCCCCCCCCCCCCC)COC(=O)CCCCCCCCCCCCCCCCC. The fourth-order valence-corrected chi connectivity index (χ4v) is 7.97. The summed E-state index contributed by atoms with van der Waals surface area (Å²) in [5.74, 6) is -0.852. The van der Waals surface area contributed by atoms with Gasteiger partial charge in [0.2, 0.25) is 0 Å². The van der Waals surface area contributed by atoms with E-state index in [-0.39, 0.29) is 31.1 Å². The molecule has 0 aromatic heterocycles. The zero-order valence-corrected chi connectivity index (χ0v) is 40.5. The Morgan fingerprint density at radius 1 is 0.317 bits per heavy atom. The van der Waals surface area contributed by atoms with E-state index < -0.39 is 6.10 Å². The van der Waals surface area contributed by atoms with Gasteiger partial charge in [0.15, 0.2) is 6.10 Å². The van der Waals surface area contributed by atoms with Crippen molar-refractivity contribution in [3.05, 3.63) is 12.2 Å². The van der Waals surface area contributed by atoms with Crippen LogP contribution >= 0.6 is 0 Å².